The van der Waals surface area contributed by atoms with Crippen LogP contribution in [0.4, 0.5) is 16.6 Å². The summed E-state index contributed by atoms with van der Waals surface area (Å²) in [6.45, 7) is 0. The molecular formula is C15H10Cl2N4OS. The number of nitrogens with one attached hydrogen (secondary N) is 2. The van der Waals surface area contributed by atoms with Crippen LogP contribution in [-0.2, 0) is 0 Å². The molecule has 0 aliphatic carbocycles. The molecule has 116 valence electrons. The Morgan fingerprint density at radius 3 is 2.57 bits per heavy atom. The van der Waals surface area contributed by atoms with Gasteiger partial charge in [-0.15, -0.1) is 11.3 Å². The van der Waals surface area contributed by atoms with Gasteiger partial charge in [-0.2, -0.15) is 0 Å². The van der Waals surface area contributed by atoms with Crippen LogP contribution in [0.5, 0.6) is 0 Å². The monoisotopic (exact) mass is 364 g/mol. The molecule has 3 rings (SSSR count). The van der Waals surface area contributed by atoms with Crippen molar-refractivity contribution in [1.29, 1.82) is 0 Å². The van der Waals surface area contributed by atoms with Gasteiger partial charge in [-0.25, -0.2) is 9.97 Å². The third kappa shape index (κ3) is 3.79. The lowest BCUT2D eigenvalue weighted by Crippen LogP contribution is -2.13. The first-order chi connectivity index (χ1) is 11.1. The van der Waals surface area contributed by atoms with Gasteiger partial charge in [0.15, 0.2) is 5.13 Å². The summed E-state index contributed by atoms with van der Waals surface area (Å²) in [5.74, 6) is 0.190. The summed E-state index contributed by atoms with van der Waals surface area (Å²) in [4.78, 5) is 20.7. The first-order valence-electron chi connectivity index (χ1n) is 6.51. The van der Waals surface area contributed by atoms with Gasteiger partial charge in [0.05, 0.1) is 15.6 Å². The van der Waals surface area contributed by atoms with Crippen molar-refractivity contribution >= 4 is 57.1 Å². The fourth-order valence-corrected chi connectivity index (χ4v) is 2.98. The van der Waals surface area contributed by atoms with Gasteiger partial charge in [0, 0.05) is 29.5 Å². The van der Waals surface area contributed by atoms with Crippen molar-refractivity contribution in [3.63, 3.8) is 0 Å². The Hall–Kier alpha value is -2.15. The van der Waals surface area contributed by atoms with E-state index < -0.39 is 0 Å². The molecule has 0 aliphatic heterocycles. The second kappa shape index (κ2) is 6.95. The number of nitrogens with zero attached hydrogens (tertiary/aromatic N) is 2. The zero-order valence-electron chi connectivity index (χ0n) is 11.6. The lowest BCUT2D eigenvalue weighted by molar-refractivity contribution is 0.102. The summed E-state index contributed by atoms with van der Waals surface area (Å²) in [5, 5.41) is 8.97. The molecule has 0 bridgehead atoms. The standard InChI is InChI=1S/C15H10Cl2N4OS/c16-10-2-1-3-11(17)13(10)14(22)20-9-4-5-18-12(8-9)21-15-19-6-7-23-15/h1-8H,(H2,18,19,20,21,22). The Kier molecular flexibility index (Phi) is 4.76. The van der Waals surface area contributed by atoms with Crippen LogP contribution in [0.1, 0.15) is 10.4 Å². The van der Waals surface area contributed by atoms with Gasteiger partial charge in [0.25, 0.3) is 5.91 Å². The molecule has 8 heteroatoms. The van der Waals surface area contributed by atoms with E-state index in [4.69, 9.17) is 23.2 Å². The van der Waals surface area contributed by atoms with Gasteiger partial charge in [0.1, 0.15) is 5.82 Å². The lowest BCUT2D eigenvalue weighted by Gasteiger charge is -2.09. The van der Waals surface area contributed by atoms with E-state index in [1.54, 1.807) is 42.7 Å². The van der Waals surface area contributed by atoms with Crippen LogP contribution in [-0.4, -0.2) is 15.9 Å². The third-order valence-electron chi connectivity index (χ3n) is 2.87. The van der Waals surface area contributed by atoms with Crippen LogP contribution in [0.25, 0.3) is 0 Å². The summed E-state index contributed by atoms with van der Waals surface area (Å²) < 4.78 is 0. The Morgan fingerprint density at radius 2 is 1.87 bits per heavy atom. The lowest BCUT2D eigenvalue weighted by atomic mass is 10.2. The fraction of sp³-hybridized carbons (Fsp3) is 0. The second-order valence-corrected chi connectivity index (χ2v) is 6.15. The van der Waals surface area contributed by atoms with Gasteiger partial charge in [-0.1, -0.05) is 29.3 Å². The Balaban J connectivity index is 1.79. The van der Waals surface area contributed by atoms with Crippen molar-refractivity contribution in [3.05, 3.63) is 63.7 Å². The van der Waals surface area contributed by atoms with E-state index >= 15 is 0 Å². The first-order valence-corrected chi connectivity index (χ1v) is 8.15. The minimum atomic E-state index is -0.382. The number of hydrogen-bond acceptors (Lipinski definition) is 5. The highest BCUT2D eigenvalue weighted by Crippen LogP contribution is 2.26. The second-order valence-electron chi connectivity index (χ2n) is 4.44. The molecule has 2 heterocycles. The largest absolute Gasteiger partial charge is 0.322 e. The number of benzene rings is 1. The highest BCUT2D eigenvalue weighted by Gasteiger charge is 2.14. The highest BCUT2D eigenvalue weighted by molar-refractivity contribution is 7.13. The van der Waals surface area contributed by atoms with Crippen LogP contribution in [0, 0.1) is 0 Å². The van der Waals surface area contributed by atoms with Crippen molar-refractivity contribution in [2.24, 2.45) is 0 Å². The van der Waals surface area contributed by atoms with E-state index in [9.17, 15) is 4.79 Å². The first kappa shape index (κ1) is 15.7. The maximum atomic E-state index is 12.4. The maximum Gasteiger partial charge on any atom is 0.258 e. The normalized spacial score (nSPS) is 10.3. The SMILES string of the molecule is O=C(Nc1ccnc(Nc2nccs2)c1)c1c(Cl)cccc1Cl. The molecule has 5 nitrogen and oxygen atoms in total. The minimum absolute atomic E-state index is 0.238. The smallest absolute Gasteiger partial charge is 0.258 e. The quantitative estimate of drug-likeness (QED) is 0.694. The minimum Gasteiger partial charge on any atom is -0.322 e. The number of halogens is 2. The summed E-state index contributed by atoms with van der Waals surface area (Å²) in [7, 11) is 0. The van der Waals surface area contributed by atoms with Crippen molar-refractivity contribution in [2.75, 3.05) is 10.6 Å². The number of hydrogen-bond donors (Lipinski definition) is 2. The molecule has 23 heavy (non-hydrogen) atoms. The number of aromatic nitrogens is 2. The van der Waals surface area contributed by atoms with Gasteiger partial charge in [-0.05, 0) is 18.2 Å². The summed E-state index contributed by atoms with van der Waals surface area (Å²) in [6.07, 6.45) is 3.28. The van der Waals surface area contributed by atoms with Gasteiger partial charge in [-0.3, -0.25) is 4.79 Å². The molecule has 3 aromatic rings. The molecule has 0 saturated carbocycles. The number of thiazole rings is 1. The molecule has 2 aromatic heterocycles. The fourth-order valence-electron chi connectivity index (χ4n) is 1.88. The molecule has 0 aliphatic rings. The molecule has 0 unspecified atom stereocenters. The molecule has 0 fully saturated rings. The van der Waals surface area contributed by atoms with Crippen LogP contribution in [0.15, 0.2) is 48.1 Å². The molecule has 1 aromatic carbocycles. The Bertz CT molecular complexity index is 819. The maximum absolute atomic E-state index is 12.4. The molecular weight excluding hydrogens is 355 g/mol. The number of anilines is 3. The number of pyridine rings is 1. The van der Waals surface area contributed by atoms with Crippen molar-refractivity contribution in [1.82, 2.24) is 9.97 Å². The summed E-state index contributed by atoms with van der Waals surface area (Å²) in [5.41, 5.74) is 0.808. The van der Waals surface area contributed by atoms with Crippen LogP contribution in [0.3, 0.4) is 0 Å². The average molecular weight is 365 g/mol. The zero-order chi connectivity index (χ0) is 16.2. The predicted octanol–water partition coefficient (Wildman–Crippen LogP) is 4.84. The van der Waals surface area contributed by atoms with E-state index in [1.807, 2.05) is 5.38 Å². The van der Waals surface area contributed by atoms with Gasteiger partial charge < -0.3 is 10.6 Å². The van der Waals surface area contributed by atoms with E-state index in [2.05, 4.69) is 20.6 Å². The van der Waals surface area contributed by atoms with E-state index in [0.717, 1.165) is 5.13 Å². The van der Waals surface area contributed by atoms with Crippen LogP contribution < -0.4 is 10.6 Å². The molecule has 1 amide bonds. The topological polar surface area (TPSA) is 66.9 Å². The average Bonchev–Trinajstić information content (AvgIpc) is 3.00. The zero-order valence-corrected chi connectivity index (χ0v) is 13.9. The summed E-state index contributed by atoms with van der Waals surface area (Å²) in [6, 6.07) is 8.29. The van der Waals surface area contributed by atoms with E-state index in [1.165, 1.54) is 11.3 Å². The number of amides is 1. The number of carbonyl (C=O) groups is 1. The van der Waals surface area contributed by atoms with Crippen molar-refractivity contribution in [3.8, 4) is 0 Å². The van der Waals surface area contributed by atoms with E-state index in [-0.39, 0.29) is 11.5 Å². The molecule has 2 N–H and O–H groups in total. The third-order valence-corrected chi connectivity index (χ3v) is 4.19. The summed E-state index contributed by atoms with van der Waals surface area (Å²) >= 11 is 13.5. The van der Waals surface area contributed by atoms with Crippen LogP contribution in [0.2, 0.25) is 10.0 Å². The van der Waals surface area contributed by atoms with Crippen molar-refractivity contribution in [2.45, 2.75) is 0 Å². The molecule has 0 radical (unpaired) electrons. The van der Waals surface area contributed by atoms with Crippen molar-refractivity contribution < 1.29 is 4.79 Å². The van der Waals surface area contributed by atoms with Gasteiger partial charge in [0.2, 0.25) is 0 Å². The van der Waals surface area contributed by atoms with Gasteiger partial charge >= 0.3 is 0 Å². The number of rotatable bonds is 4. The molecule has 0 saturated heterocycles. The number of carbonyl (C=O) groups excluding carboxylic acids is 1. The molecule has 0 atom stereocenters. The van der Waals surface area contributed by atoms with Crippen LogP contribution >= 0.6 is 34.5 Å². The highest BCUT2D eigenvalue weighted by atomic mass is 35.5. The predicted molar refractivity (Wildman–Crippen MR) is 94.0 cm³/mol. The van der Waals surface area contributed by atoms with E-state index in [0.29, 0.717) is 21.6 Å². The Morgan fingerprint density at radius 1 is 1.09 bits per heavy atom. The molecule has 0 spiro atoms. The Labute approximate surface area is 146 Å².